The Morgan fingerprint density at radius 1 is 1.03 bits per heavy atom. The molecule has 2 heterocycles. The molecule has 0 unspecified atom stereocenters. The minimum Gasteiger partial charge on any atom is -0.494 e. The van der Waals surface area contributed by atoms with Crippen molar-refractivity contribution in [2.45, 2.75) is 50.9 Å². The van der Waals surface area contributed by atoms with Gasteiger partial charge in [0.25, 0.3) is 0 Å². The van der Waals surface area contributed by atoms with E-state index in [0.717, 1.165) is 37.1 Å². The number of aryl methyl sites for hydroxylation is 1. The Morgan fingerprint density at radius 2 is 1.81 bits per heavy atom. The molecule has 4 atom stereocenters. The number of unbranched alkanes of at least 4 members (excludes halogenated alkanes) is 1. The minimum atomic E-state index is -0.245. The molecule has 2 saturated heterocycles. The Balaban J connectivity index is 1.22. The molecule has 2 fully saturated rings. The minimum absolute atomic E-state index is 0.0496. The number of fused-ring (bicyclic) bond motifs is 1. The monoisotopic (exact) mass is 424 g/mol. The van der Waals surface area contributed by atoms with Gasteiger partial charge in [0, 0.05) is 11.6 Å². The lowest BCUT2D eigenvalue weighted by molar-refractivity contribution is 0.0615. The number of urea groups is 1. The Bertz CT molecular complexity index is 827. The summed E-state index contributed by atoms with van der Waals surface area (Å²) in [6.07, 6.45) is 4.14. The summed E-state index contributed by atoms with van der Waals surface area (Å²) in [6.45, 7) is 4.00. The van der Waals surface area contributed by atoms with Crippen LogP contribution >= 0.6 is 0 Å². The van der Waals surface area contributed by atoms with E-state index in [1.807, 2.05) is 30.3 Å². The van der Waals surface area contributed by atoms with Crippen LogP contribution in [0.1, 0.15) is 31.7 Å². The fraction of sp³-hybridized carbons (Fsp3) is 0.480. The number of carbonyl (C=O) groups excluding carboxylic acids is 1. The van der Waals surface area contributed by atoms with Crippen LogP contribution < -0.4 is 15.4 Å². The molecule has 6 nitrogen and oxygen atoms in total. The van der Waals surface area contributed by atoms with Gasteiger partial charge >= 0.3 is 6.03 Å². The molecule has 0 saturated carbocycles. The van der Waals surface area contributed by atoms with Gasteiger partial charge in [0.1, 0.15) is 11.9 Å². The van der Waals surface area contributed by atoms with E-state index in [0.29, 0.717) is 25.7 Å². The van der Waals surface area contributed by atoms with Gasteiger partial charge in [0.15, 0.2) is 0 Å². The Morgan fingerprint density at radius 3 is 2.58 bits per heavy atom. The van der Waals surface area contributed by atoms with E-state index < -0.39 is 0 Å². The van der Waals surface area contributed by atoms with Gasteiger partial charge in [0.2, 0.25) is 0 Å². The van der Waals surface area contributed by atoms with E-state index in [4.69, 9.17) is 14.2 Å². The summed E-state index contributed by atoms with van der Waals surface area (Å²) < 4.78 is 17.7. The van der Waals surface area contributed by atoms with Gasteiger partial charge in [-0.25, -0.2) is 4.79 Å². The first-order chi connectivity index (χ1) is 15.2. The molecule has 31 heavy (non-hydrogen) atoms. The smallest absolute Gasteiger partial charge is 0.319 e. The molecule has 0 spiro atoms. The molecule has 2 N–H and O–H groups in total. The standard InChI is InChI=1S/C25H32N2O4/c1-2-3-15-29-21-13-11-20(12-14-21)26-25(28)27-22-17-31-23-19(16-30-24(22)23)10-9-18-7-5-4-6-8-18/h4-8,11-14,19,22-24H,2-3,9-10,15-17H2,1H3,(H2,26,27,28)/t19-,22+,23+,24-/m1/s1. The Labute approximate surface area is 184 Å². The van der Waals surface area contributed by atoms with Crippen LogP contribution in [0.15, 0.2) is 54.6 Å². The van der Waals surface area contributed by atoms with Gasteiger partial charge in [-0.05, 0) is 49.1 Å². The molecule has 2 aliphatic rings. The third kappa shape index (κ3) is 5.77. The zero-order valence-electron chi connectivity index (χ0n) is 18.1. The Kier molecular flexibility index (Phi) is 7.43. The fourth-order valence-electron chi connectivity index (χ4n) is 4.25. The summed E-state index contributed by atoms with van der Waals surface area (Å²) in [5.74, 6) is 1.17. The number of carbonyl (C=O) groups is 1. The van der Waals surface area contributed by atoms with E-state index in [-0.39, 0.29) is 24.3 Å². The molecule has 0 aromatic heterocycles. The molecule has 0 aliphatic carbocycles. The number of benzene rings is 2. The van der Waals surface area contributed by atoms with Crippen molar-refractivity contribution in [3.63, 3.8) is 0 Å². The Hall–Kier alpha value is -2.57. The summed E-state index contributed by atoms with van der Waals surface area (Å²) in [5, 5.41) is 5.90. The average molecular weight is 425 g/mol. The fourth-order valence-corrected chi connectivity index (χ4v) is 4.25. The number of ether oxygens (including phenoxy) is 3. The summed E-state index contributed by atoms with van der Waals surface area (Å²) >= 11 is 0. The first-order valence-corrected chi connectivity index (χ1v) is 11.3. The molecule has 2 aliphatic heterocycles. The SMILES string of the molecule is CCCCOc1ccc(NC(=O)N[C@H]2CO[C@H]3[C@H](CCc4ccccc4)CO[C@@H]32)cc1. The molecule has 2 amide bonds. The molecule has 0 radical (unpaired) electrons. The maximum Gasteiger partial charge on any atom is 0.319 e. The van der Waals surface area contributed by atoms with E-state index in [9.17, 15) is 4.79 Å². The summed E-state index contributed by atoms with van der Waals surface area (Å²) in [5.41, 5.74) is 2.06. The molecule has 2 aromatic rings. The van der Waals surface area contributed by atoms with Crippen molar-refractivity contribution < 1.29 is 19.0 Å². The second kappa shape index (κ2) is 10.6. The van der Waals surface area contributed by atoms with Crippen LogP contribution in [-0.4, -0.2) is 44.1 Å². The summed E-state index contributed by atoms with van der Waals surface area (Å²) in [6, 6.07) is 17.5. The highest BCUT2D eigenvalue weighted by molar-refractivity contribution is 5.89. The maximum absolute atomic E-state index is 12.5. The van der Waals surface area contributed by atoms with E-state index in [1.54, 1.807) is 0 Å². The van der Waals surface area contributed by atoms with E-state index >= 15 is 0 Å². The predicted molar refractivity (Wildman–Crippen MR) is 121 cm³/mol. The first-order valence-electron chi connectivity index (χ1n) is 11.3. The van der Waals surface area contributed by atoms with Crippen molar-refractivity contribution in [3.8, 4) is 5.75 Å². The predicted octanol–water partition coefficient (Wildman–Crippen LogP) is 4.40. The average Bonchev–Trinajstić information content (AvgIpc) is 3.37. The highest BCUT2D eigenvalue weighted by Crippen LogP contribution is 2.33. The quantitative estimate of drug-likeness (QED) is 0.586. The van der Waals surface area contributed by atoms with Crippen LogP contribution in [0.3, 0.4) is 0 Å². The van der Waals surface area contributed by atoms with Crippen LogP contribution in [0.25, 0.3) is 0 Å². The van der Waals surface area contributed by atoms with Crippen LogP contribution in [0.4, 0.5) is 10.5 Å². The van der Waals surface area contributed by atoms with Gasteiger partial charge in [-0.1, -0.05) is 43.7 Å². The molecular formula is C25H32N2O4. The third-order valence-electron chi connectivity index (χ3n) is 6.00. The number of hydrogen-bond donors (Lipinski definition) is 2. The first kappa shape index (κ1) is 21.7. The third-order valence-corrected chi connectivity index (χ3v) is 6.00. The second-order valence-electron chi connectivity index (χ2n) is 8.31. The largest absolute Gasteiger partial charge is 0.494 e. The molecule has 166 valence electrons. The zero-order valence-corrected chi connectivity index (χ0v) is 18.1. The molecule has 2 aromatic carbocycles. The highest BCUT2D eigenvalue weighted by atomic mass is 16.6. The van der Waals surface area contributed by atoms with Crippen LogP contribution in [0, 0.1) is 5.92 Å². The lowest BCUT2D eigenvalue weighted by Crippen LogP contribution is -2.45. The van der Waals surface area contributed by atoms with Crippen molar-refractivity contribution in [1.82, 2.24) is 5.32 Å². The van der Waals surface area contributed by atoms with Gasteiger partial charge in [-0.3, -0.25) is 0 Å². The van der Waals surface area contributed by atoms with Crippen molar-refractivity contribution >= 4 is 11.7 Å². The number of anilines is 1. The van der Waals surface area contributed by atoms with Gasteiger partial charge in [-0.2, -0.15) is 0 Å². The highest BCUT2D eigenvalue weighted by Gasteiger charge is 2.47. The van der Waals surface area contributed by atoms with Crippen molar-refractivity contribution in [1.29, 1.82) is 0 Å². The number of hydrogen-bond acceptors (Lipinski definition) is 4. The summed E-state index contributed by atoms with van der Waals surface area (Å²) in [4.78, 5) is 12.5. The van der Waals surface area contributed by atoms with Crippen LogP contribution in [0.2, 0.25) is 0 Å². The molecule has 4 rings (SSSR count). The van der Waals surface area contributed by atoms with Gasteiger partial charge in [0.05, 0.1) is 32.0 Å². The van der Waals surface area contributed by atoms with Crippen molar-refractivity contribution in [2.75, 3.05) is 25.1 Å². The number of nitrogens with one attached hydrogen (secondary N) is 2. The number of rotatable bonds is 9. The van der Waals surface area contributed by atoms with Crippen LogP contribution in [0.5, 0.6) is 5.75 Å². The molecule has 0 bridgehead atoms. The lowest BCUT2D eigenvalue weighted by Gasteiger charge is -2.18. The van der Waals surface area contributed by atoms with Crippen molar-refractivity contribution in [3.05, 3.63) is 60.2 Å². The maximum atomic E-state index is 12.5. The van der Waals surface area contributed by atoms with Gasteiger partial charge < -0.3 is 24.8 Å². The molecule has 6 heteroatoms. The normalized spacial score (nSPS) is 24.5. The van der Waals surface area contributed by atoms with E-state index in [1.165, 1.54) is 5.56 Å². The topological polar surface area (TPSA) is 68.8 Å². The molecular weight excluding hydrogens is 392 g/mol. The number of amides is 2. The van der Waals surface area contributed by atoms with Crippen LogP contribution in [-0.2, 0) is 15.9 Å². The summed E-state index contributed by atoms with van der Waals surface area (Å²) in [7, 11) is 0. The van der Waals surface area contributed by atoms with E-state index in [2.05, 4.69) is 41.8 Å². The van der Waals surface area contributed by atoms with Gasteiger partial charge in [-0.15, -0.1) is 0 Å². The lowest BCUT2D eigenvalue weighted by atomic mass is 9.93. The second-order valence-corrected chi connectivity index (χ2v) is 8.31. The zero-order chi connectivity index (χ0) is 21.5. The van der Waals surface area contributed by atoms with Crippen molar-refractivity contribution in [2.24, 2.45) is 5.92 Å².